The van der Waals surface area contributed by atoms with Crippen LogP contribution < -0.4 is 9.80 Å². The van der Waals surface area contributed by atoms with E-state index in [2.05, 4.69) is 39.0 Å². The van der Waals surface area contributed by atoms with Crippen LogP contribution in [0.2, 0.25) is 0 Å². The van der Waals surface area contributed by atoms with Crippen molar-refractivity contribution in [3.63, 3.8) is 0 Å². The lowest BCUT2D eigenvalue weighted by molar-refractivity contribution is -0.138. The maximum absolute atomic E-state index is 14.0. The lowest BCUT2D eigenvalue weighted by Crippen LogP contribution is -2.53. The van der Waals surface area contributed by atoms with E-state index >= 15 is 0 Å². The molecule has 3 heterocycles. The van der Waals surface area contributed by atoms with Crippen molar-refractivity contribution in [1.82, 2.24) is 9.88 Å². The van der Waals surface area contributed by atoms with Crippen molar-refractivity contribution < 1.29 is 18.0 Å². The van der Waals surface area contributed by atoms with Gasteiger partial charge in [-0.15, -0.1) is 0 Å². The van der Waals surface area contributed by atoms with Gasteiger partial charge in [-0.25, -0.2) is 0 Å². The Hall–Kier alpha value is -3.78. The number of H-pyrrole nitrogens is 1. The Labute approximate surface area is 225 Å². The summed E-state index contributed by atoms with van der Waals surface area (Å²) < 4.78 is 41.9. The molecule has 1 aromatic heterocycles. The monoisotopic (exact) mass is 532 g/mol. The summed E-state index contributed by atoms with van der Waals surface area (Å²) in [4.78, 5) is 22.6. The summed E-state index contributed by atoms with van der Waals surface area (Å²) in [5.41, 5.74) is 3.49. The SMILES string of the molecule is O=CC(c1ccccc1C(F)(F)F)N1c2ccccc2CCC1CN1CCN(c2cccc3[nH]ccc23)CC1. The molecule has 2 aliphatic rings. The van der Waals surface area contributed by atoms with Crippen molar-refractivity contribution in [3.05, 3.63) is 95.7 Å². The van der Waals surface area contributed by atoms with Crippen LogP contribution in [0.5, 0.6) is 0 Å². The zero-order valence-corrected chi connectivity index (χ0v) is 21.6. The van der Waals surface area contributed by atoms with E-state index in [9.17, 15) is 18.0 Å². The number of hydrogen-bond donors (Lipinski definition) is 1. The number of aldehydes is 1. The van der Waals surface area contributed by atoms with E-state index in [0.29, 0.717) is 12.8 Å². The number of anilines is 2. The minimum Gasteiger partial charge on any atom is -0.368 e. The van der Waals surface area contributed by atoms with Crippen LogP contribution in [0.3, 0.4) is 0 Å². The molecule has 1 saturated heterocycles. The second-order valence-corrected chi connectivity index (χ2v) is 10.4. The number of aromatic nitrogens is 1. The predicted molar refractivity (Wildman–Crippen MR) is 148 cm³/mol. The van der Waals surface area contributed by atoms with Gasteiger partial charge in [-0.2, -0.15) is 13.2 Å². The lowest BCUT2D eigenvalue weighted by atomic mass is 9.90. The fourth-order valence-electron chi connectivity index (χ4n) is 6.30. The number of hydrogen-bond acceptors (Lipinski definition) is 4. The highest BCUT2D eigenvalue weighted by Gasteiger charge is 2.40. The van der Waals surface area contributed by atoms with Gasteiger partial charge in [-0.1, -0.05) is 42.5 Å². The highest BCUT2D eigenvalue weighted by atomic mass is 19.4. The van der Waals surface area contributed by atoms with Gasteiger partial charge in [-0.05, 0) is 54.3 Å². The molecule has 39 heavy (non-hydrogen) atoms. The number of nitrogens with zero attached hydrogens (tertiary/aromatic N) is 3. The van der Waals surface area contributed by atoms with Gasteiger partial charge in [0.2, 0.25) is 0 Å². The van der Waals surface area contributed by atoms with Crippen LogP contribution in [0.1, 0.15) is 29.2 Å². The number of benzene rings is 3. The maximum Gasteiger partial charge on any atom is 0.416 e. The Morgan fingerprint density at radius 1 is 0.897 bits per heavy atom. The van der Waals surface area contributed by atoms with E-state index in [-0.39, 0.29) is 11.6 Å². The van der Waals surface area contributed by atoms with Crippen LogP contribution in [-0.4, -0.2) is 54.9 Å². The van der Waals surface area contributed by atoms with E-state index in [0.717, 1.165) is 61.9 Å². The second kappa shape index (κ2) is 10.4. The molecule has 0 spiro atoms. The zero-order valence-electron chi connectivity index (χ0n) is 21.6. The molecule has 3 aromatic carbocycles. The molecule has 1 N–H and O–H groups in total. The number of nitrogens with one attached hydrogen (secondary N) is 1. The average molecular weight is 533 g/mol. The standard InChI is InChI=1S/C31H31F3N4O/c32-31(33,34)26-8-3-2-7-24(26)30(21-39)38-23(13-12-22-6-1-4-10-28(22)38)20-36-16-18-37(19-17-36)29-11-5-9-27-25(29)14-15-35-27/h1-11,14-15,21,23,30,35H,12-13,16-20H2. The molecule has 202 valence electrons. The van der Waals surface area contributed by atoms with Gasteiger partial charge in [0.05, 0.1) is 5.56 Å². The van der Waals surface area contributed by atoms with Crippen molar-refractivity contribution >= 4 is 28.6 Å². The number of carbonyl (C=O) groups excluding carboxylic acids is 1. The van der Waals surface area contributed by atoms with E-state index in [1.807, 2.05) is 35.4 Å². The van der Waals surface area contributed by atoms with Gasteiger partial charge in [0, 0.05) is 67.2 Å². The molecule has 2 aliphatic heterocycles. The summed E-state index contributed by atoms with van der Waals surface area (Å²) in [6.07, 6.45) is -0.297. The molecule has 0 bridgehead atoms. The topological polar surface area (TPSA) is 42.6 Å². The van der Waals surface area contributed by atoms with Gasteiger partial charge < -0.3 is 19.6 Å². The summed E-state index contributed by atoms with van der Waals surface area (Å²) >= 11 is 0. The first-order chi connectivity index (χ1) is 18.9. The predicted octanol–water partition coefficient (Wildman–Crippen LogP) is 6.07. The van der Waals surface area contributed by atoms with Crippen molar-refractivity contribution in [3.8, 4) is 0 Å². The largest absolute Gasteiger partial charge is 0.416 e. The van der Waals surface area contributed by atoms with Crippen LogP contribution in [-0.2, 0) is 17.4 Å². The zero-order chi connectivity index (χ0) is 27.0. The molecule has 0 aliphatic carbocycles. The number of carbonyl (C=O) groups is 1. The van der Waals surface area contributed by atoms with Gasteiger partial charge in [0.25, 0.3) is 0 Å². The molecule has 4 aromatic rings. The number of aromatic amines is 1. The number of piperazine rings is 1. The molecule has 0 amide bonds. The van der Waals surface area contributed by atoms with Crippen molar-refractivity contribution in [2.24, 2.45) is 0 Å². The van der Waals surface area contributed by atoms with Crippen LogP contribution >= 0.6 is 0 Å². The highest BCUT2D eigenvalue weighted by molar-refractivity contribution is 5.92. The van der Waals surface area contributed by atoms with Crippen molar-refractivity contribution in [1.29, 1.82) is 0 Å². The van der Waals surface area contributed by atoms with Crippen molar-refractivity contribution in [2.45, 2.75) is 31.1 Å². The Balaban J connectivity index is 1.26. The molecule has 2 atom stereocenters. The fraction of sp³-hybridized carbons (Fsp3) is 0.323. The van der Waals surface area contributed by atoms with Crippen LogP contribution in [0.4, 0.5) is 24.5 Å². The van der Waals surface area contributed by atoms with Gasteiger partial charge in [0.15, 0.2) is 0 Å². The maximum atomic E-state index is 14.0. The van der Waals surface area contributed by atoms with E-state index < -0.39 is 17.8 Å². The molecular weight excluding hydrogens is 501 g/mol. The minimum absolute atomic E-state index is 0.00567. The Kier molecular flexibility index (Phi) is 6.81. The molecular formula is C31H31F3N4O. The Morgan fingerprint density at radius 3 is 2.44 bits per heavy atom. The molecule has 0 radical (unpaired) electrons. The minimum atomic E-state index is -4.54. The average Bonchev–Trinajstić information content (AvgIpc) is 3.44. The lowest BCUT2D eigenvalue weighted by Gasteiger charge is -2.46. The van der Waals surface area contributed by atoms with Crippen LogP contribution in [0.15, 0.2) is 79.0 Å². The molecule has 6 rings (SSSR count). The first-order valence-electron chi connectivity index (χ1n) is 13.4. The Bertz CT molecular complexity index is 1460. The molecule has 8 heteroatoms. The van der Waals surface area contributed by atoms with Crippen LogP contribution in [0.25, 0.3) is 10.9 Å². The number of rotatable bonds is 6. The van der Waals surface area contributed by atoms with E-state index in [1.165, 1.54) is 23.2 Å². The summed E-state index contributed by atoms with van der Waals surface area (Å²) in [5.74, 6) is 0. The van der Waals surface area contributed by atoms with Crippen molar-refractivity contribution in [2.75, 3.05) is 42.5 Å². The quantitative estimate of drug-likeness (QED) is 0.306. The third-order valence-electron chi connectivity index (χ3n) is 8.18. The third kappa shape index (κ3) is 4.89. The molecule has 2 unspecified atom stereocenters. The van der Waals surface area contributed by atoms with Gasteiger partial charge in [-0.3, -0.25) is 4.90 Å². The second-order valence-electron chi connectivity index (χ2n) is 10.4. The normalized spacial score (nSPS) is 19.2. The first-order valence-corrected chi connectivity index (χ1v) is 13.4. The van der Waals surface area contributed by atoms with E-state index in [1.54, 1.807) is 6.07 Å². The van der Waals surface area contributed by atoms with Gasteiger partial charge in [0.1, 0.15) is 12.3 Å². The number of alkyl halides is 3. The van der Waals surface area contributed by atoms with Crippen LogP contribution in [0, 0.1) is 0 Å². The van der Waals surface area contributed by atoms with Gasteiger partial charge >= 0.3 is 6.18 Å². The molecule has 1 fully saturated rings. The number of aryl methyl sites for hydroxylation is 1. The summed E-state index contributed by atoms with van der Waals surface area (Å²) in [6.45, 7) is 4.10. The number of halogens is 3. The smallest absolute Gasteiger partial charge is 0.368 e. The molecule has 5 nitrogen and oxygen atoms in total. The summed E-state index contributed by atoms with van der Waals surface area (Å²) in [5, 5.41) is 1.21. The summed E-state index contributed by atoms with van der Waals surface area (Å²) in [7, 11) is 0. The third-order valence-corrected chi connectivity index (χ3v) is 8.18. The highest BCUT2D eigenvalue weighted by Crippen LogP contribution is 2.41. The number of para-hydroxylation sites is 1. The van der Waals surface area contributed by atoms with E-state index in [4.69, 9.17) is 0 Å². The Morgan fingerprint density at radius 2 is 1.64 bits per heavy atom. The molecule has 0 saturated carbocycles. The summed E-state index contributed by atoms with van der Waals surface area (Å²) in [6, 6.07) is 20.5. The fourth-order valence-corrected chi connectivity index (χ4v) is 6.30. The number of fused-ring (bicyclic) bond motifs is 2. The first kappa shape index (κ1) is 25.5.